The monoisotopic (exact) mass is 533 g/mol. The minimum atomic E-state index is 0.871. The van der Waals surface area contributed by atoms with Gasteiger partial charge in [-0.1, -0.05) is 61.3 Å². The minimum absolute atomic E-state index is 0.871. The molecule has 5 heteroatoms. The van der Waals surface area contributed by atoms with Gasteiger partial charge < -0.3 is 14.6 Å². The molecular formula is C33H64N4O. The van der Waals surface area contributed by atoms with E-state index in [1.54, 1.807) is 0 Å². The average molecular weight is 533 g/mol. The van der Waals surface area contributed by atoms with E-state index < -0.39 is 0 Å². The van der Waals surface area contributed by atoms with Crippen LogP contribution >= 0.6 is 0 Å². The number of nitrogens with zero attached hydrogens (tertiary/aromatic N) is 3. The largest absolute Gasteiger partial charge is 0.447 e. The molecule has 1 aromatic heterocycles. The van der Waals surface area contributed by atoms with Crippen LogP contribution in [0.5, 0.6) is 0 Å². The standard InChI is InChI=1S/C13H22N2O.C12H25N.C8H17N/c1-3-11(2)6-12-4-5-15(8-12)9-13-7-14-10-16-13;1-4-5-7-13-8-6-12(10-13)9-11(2)3;1-7(2)5-8-3-4-9-6-8/h7,10-12H,3-6,8-9H2,1-2H3;11-12H,4-10H2,1-3H3;7-9H,3-6H2,1-2H3. The smallest absolute Gasteiger partial charge is 0.180 e. The van der Waals surface area contributed by atoms with Crippen LogP contribution in [0.25, 0.3) is 0 Å². The SMILES string of the molecule is CC(C)CC1CCNC1.CCC(C)CC1CCN(Cc2cnco2)C1.CCCCN1CCC(CC(C)C)C1. The Hall–Kier alpha value is -0.910. The normalized spacial score (nSPS) is 24.9. The van der Waals surface area contributed by atoms with Crippen LogP contribution in [0, 0.1) is 35.5 Å². The van der Waals surface area contributed by atoms with Gasteiger partial charge in [-0.15, -0.1) is 0 Å². The Bertz CT molecular complexity index is 671. The van der Waals surface area contributed by atoms with Crippen molar-refractivity contribution in [1.82, 2.24) is 20.1 Å². The van der Waals surface area contributed by atoms with Crippen LogP contribution in [-0.4, -0.2) is 60.6 Å². The summed E-state index contributed by atoms with van der Waals surface area (Å²) in [5, 5.41) is 3.38. The Morgan fingerprint density at radius 1 is 0.895 bits per heavy atom. The second-order valence-electron chi connectivity index (χ2n) is 13.5. The number of nitrogens with one attached hydrogen (secondary N) is 1. The van der Waals surface area contributed by atoms with Gasteiger partial charge in [-0.3, -0.25) is 4.90 Å². The number of aromatic nitrogens is 1. The molecule has 0 aliphatic carbocycles. The van der Waals surface area contributed by atoms with Crippen LogP contribution in [0.3, 0.4) is 0 Å². The van der Waals surface area contributed by atoms with E-state index >= 15 is 0 Å². The van der Waals surface area contributed by atoms with Crippen molar-refractivity contribution in [3.05, 3.63) is 18.4 Å². The maximum absolute atomic E-state index is 5.28. The molecule has 4 heterocycles. The van der Waals surface area contributed by atoms with Gasteiger partial charge in [-0.05, 0) is 113 Å². The lowest BCUT2D eigenvalue weighted by Gasteiger charge is -2.16. The van der Waals surface area contributed by atoms with Gasteiger partial charge in [0.25, 0.3) is 0 Å². The number of likely N-dealkylation sites (tertiary alicyclic amines) is 2. The summed E-state index contributed by atoms with van der Waals surface area (Å²) in [6, 6.07) is 0. The fourth-order valence-corrected chi connectivity index (χ4v) is 6.46. The maximum atomic E-state index is 5.28. The molecule has 0 radical (unpaired) electrons. The van der Waals surface area contributed by atoms with Crippen LogP contribution in [0.2, 0.25) is 0 Å². The summed E-state index contributed by atoms with van der Waals surface area (Å²) in [4.78, 5) is 9.08. The highest BCUT2D eigenvalue weighted by atomic mass is 16.3. The quantitative estimate of drug-likeness (QED) is 0.298. The summed E-state index contributed by atoms with van der Waals surface area (Å²) < 4.78 is 5.28. The summed E-state index contributed by atoms with van der Waals surface area (Å²) in [5.74, 6) is 6.49. The number of rotatable bonds is 12. The zero-order chi connectivity index (χ0) is 27.8. The minimum Gasteiger partial charge on any atom is -0.447 e. The zero-order valence-corrected chi connectivity index (χ0v) is 26.4. The molecule has 4 atom stereocenters. The van der Waals surface area contributed by atoms with Crippen LogP contribution in [0.15, 0.2) is 17.0 Å². The van der Waals surface area contributed by atoms with Crippen LogP contribution in [0.1, 0.15) is 112 Å². The first kappa shape index (κ1) is 33.3. The van der Waals surface area contributed by atoms with E-state index in [-0.39, 0.29) is 0 Å². The van der Waals surface area contributed by atoms with Crippen LogP contribution in [0.4, 0.5) is 0 Å². The van der Waals surface area contributed by atoms with E-state index in [9.17, 15) is 0 Å². The van der Waals surface area contributed by atoms with E-state index in [2.05, 4.69) is 68.6 Å². The van der Waals surface area contributed by atoms with Crippen molar-refractivity contribution in [1.29, 1.82) is 0 Å². The number of hydrogen-bond donors (Lipinski definition) is 1. The van der Waals surface area contributed by atoms with E-state index in [0.29, 0.717) is 0 Å². The summed E-state index contributed by atoms with van der Waals surface area (Å²) >= 11 is 0. The molecule has 3 aliphatic heterocycles. The summed E-state index contributed by atoms with van der Waals surface area (Å²) in [7, 11) is 0. The highest BCUT2D eigenvalue weighted by molar-refractivity contribution is 4.90. The van der Waals surface area contributed by atoms with Crippen molar-refractivity contribution in [2.45, 2.75) is 113 Å². The number of oxazole rings is 1. The van der Waals surface area contributed by atoms with Gasteiger partial charge in [0.15, 0.2) is 6.39 Å². The molecular weight excluding hydrogens is 468 g/mol. The lowest BCUT2D eigenvalue weighted by atomic mass is 9.93. The number of unbranched alkanes of at least 4 members (excludes halogenated alkanes) is 1. The van der Waals surface area contributed by atoms with Crippen molar-refractivity contribution < 1.29 is 4.42 Å². The Morgan fingerprint density at radius 2 is 1.55 bits per heavy atom. The lowest BCUT2D eigenvalue weighted by molar-refractivity contribution is 0.277. The zero-order valence-electron chi connectivity index (χ0n) is 26.4. The Labute approximate surface area is 236 Å². The van der Waals surface area contributed by atoms with E-state index in [4.69, 9.17) is 4.42 Å². The van der Waals surface area contributed by atoms with Gasteiger partial charge in [-0.25, -0.2) is 4.98 Å². The maximum Gasteiger partial charge on any atom is 0.180 e. The predicted octanol–water partition coefficient (Wildman–Crippen LogP) is 7.73. The fourth-order valence-electron chi connectivity index (χ4n) is 6.46. The summed E-state index contributed by atoms with van der Waals surface area (Å²) in [6.07, 6.45) is 15.8. The second kappa shape index (κ2) is 19.2. The van der Waals surface area contributed by atoms with Crippen molar-refractivity contribution >= 4 is 0 Å². The van der Waals surface area contributed by atoms with Gasteiger partial charge in [0, 0.05) is 13.1 Å². The molecule has 0 saturated carbocycles. The Kier molecular flexibility index (Phi) is 16.8. The molecule has 222 valence electrons. The molecule has 3 saturated heterocycles. The van der Waals surface area contributed by atoms with Crippen LogP contribution in [-0.2, 0) is 6.54 Å². The first-order chi connectivity index (χ1) is 18.3. The Morgan fingerprint density at radius 3 is 2.13 bits per heavy atom. The highest BCUT2D eigenvalue weighted by Crippen LogP contribution is 2.26. The third-order valence-electron chi connectivity index (χ3n) is 8.64. The molecule has 1 N–H and O–H groups in total. The molecule has 3 fully saturated rings. The molecule has 1 aromatic rings. The first-order valence-corrected chi connectivity index (χ1v) is 16.3. The summed E-state index contributed by atoms with van der Waals surface area (Å²) in [6.45, 7) is 26.2. The van der Waals surface area contributed by atoms with E-state index in [0.717, 1.165) is 47.8 Å². The van der Waals surface area contributed by atoms with Crippen molar-refractivity contribution in [3.63, 3.8) is 0 Å². The first-order valence-electron chi connectivity index (χ1n) is 16.3. The number of hydrogen-bond acceptors (Lipinski definition) is 5. The molecule has 4 unspecified atom stereocenters. The van der Waals surface area contributed by atoms with E-state index in [1.807, 2.05) is 6.20 Å². The molecule has 5 nitrogen and oxygen atoms in total. The predicted molar refractivity (Wildman–Crippen MR) is 163 cm³/mol. The highest BCUT2D eigenvalue weighted by Gasteiger charge is 2.24. The molecule has 0 spiro atoms. The van der Waals surface area contributed by atoms with Gasteiger partial charge in [0.05, 0.1) is 12.7 Å². The van der Waals surface area contributed by atoms with Crippen molar-refractivity contribution in [3.8, 4) is 0 Å². The summed E-state index contributed by atoms with van der Waals surface area (Å²) in [5.41, 5.74) is 0. The molecule has 0 aromatic carbocycles. The topological polar surface area (TPSA) is 44.5 Å². The van der Waals surface area contributed by atoms with Gasteiger partial charge in [-0.2, -0.15) is 0 Å². The van der Waals surface area contributed by atoms with Gasteiger partial charge in [0.2, 0.25) is 0 Å². The third kappa shape index (κ3) is 14.5. The third-order valence-corrected chi connectivity index (χ3v) is 8.64. The molecule has 4 rings (SSSR count). The van der Waals surface area contributed by atoms with Crippen molar-refractivity contribution in [2.75, 3.05) is 45.8 Å². The molecule has 0 amide bonds. The van der Waals surface area contributed by atoms with E-state index in [1.165, 1.54) is 110 Å². The van der Waals surface area contributed by atoms with Gasteiger partial charge in [0.1, 0.15) is 5.76 Å². The molecule has 0 bridgehead atoms. The van der Waals surface area contributed by atoms with Crippen molar-refractivity contribution in [2.24, 2.45) is 35.5 Å². The average Bonchev–Trinajstić information content (AvgIpc) is 3.68. The van der Waals surface area contributed by atoms with Crippen LogP contribution < -0.4 is 5.32 Å². The second-order valence-corrected chi connectivity index (χ2v) is 13.5. The Balaban J connectivity index is 0.000000208. The molecule has 3 aliphatic rings. The van der Waals surface area contributed by atoms with Gasteiger partial charge >= 0.3 is 0 Å². The lowest BCUT2D eigenvalue weighted by Crippen LogP contribution is -2.22. The fraction of sp³-hybridized carbons (Fsp3) is 0.909. The molecule has 38 heavy (non-hydrogen) atoms.